The number of amides is 1. The van der Waals surface area contributed by atoms with E-state index in [0.29, 0.717) is 18.3 Å². The Labute approximate surface area is 315 Å². The maximum absolute atomic E-state index is 12.9. The van der Waals surface area contributed by atoms with Crippen molar-refractivity contribution in [2.45, 2.75) is 170 Å². The molecule has 0 aromatic rings. The fourth-order valence-electron chi connectivity index (χ4n) is 11.2. The first-order chi connectivity index (χ1) is 24.8. The minimum absolute atomic E-state index is 0.0163. The largest absolute Gasteiger partial charge is 0.466 e. The second-order valence-electron chi connectivity index (χ2n) is 17.7. The second kappa shape index (κ2) is 19.8. The van der Waals surface area contributed by atoms with Crippen molar-refractivity contribution >= 4 is 23.8 Å². The van der Waals surface area contributed by atoms with E-state index >= 15 is 0 Å². The molecule has 8 heteroatoms. The average Bonchev–Trinajstić information content (AvgIpc) is 3.45. The summed E-state index contributed by atoms with van der Waals surface area (Å²) in [5, 5.41) is 0. The average molecular weight is 728 g/mol. The lowest BCUT2D eigenvalue weighted by molar-refractivity contribution is -0.151. The molecule has 0 radical (unpaired) electrons. The van der Waals surface area contributed by atoms with Gasteiger partial charge in [0.1, 0.15) is 12.6 Å². The van der Waals surface area contributed by atoms with E-state index < -0.39 is 11.9 Å². The molecule has 4 aliphatic carbocycles. The van der Waals surface area contributed by atoms with E-state index in [9.17, 15) is 19.2 Å². The van der Waals surface area contributed by atoms with Gasteiger partial charge in [0.2, 0.25) is 5.91 Å². The van der Waals surface area contributed by atoms with Crippen LogP contribution in [0.4, 0.5) is 0 Å². The SMILES string of the molecule is CCOC(=O)CCN(CC(=O)OCC)C(=O)CCCCCCC(=O)O[C@H]1CC[C@@]2(C)C(=CCC3C4CCC([C@@H](C)CCCC(C)C)[C@@]4(C)CCC32)C1. The van der Waals surface area contributed by atoms with Gasteiger partial charge in [-0.15, -0.1) is 0 Å². The molecule has 3 saturated carbocycles. The third-order valence-electron chi connectivity index (χ3n) is 13.9. The summed E-state index contributed by atoms with van der Waals surface area (Å²) in [7, 11) is 0. The number of nitrogens with zero attached hydrogens (tertiary/aromatic N) is 1. The van der Waals surface area contributed by atoms with Crippen LogP contribution in [0.25, 0.3) is 0 Å². The van der Waals surface area contributed by atoms with Gasteiger partial charge in [0, 0.05) is 25.8 Å². The molecule has 0 aromatic carbocycles. The zero-order chi connectivity index (χ0) is 37.9. The van der Waals surface area contributed by atoms with Gasteiger partial charge in [0.05, 0.1) is 19.6 Å². The topological polar surface area (TPSA) is 99.2 Å². The summed E-state index contributed by atoms with van der Waals surface area (Å²) >= 11 is 0. The molecule has 0 N–H and O–H groups in total. The first-order valence-corrected chi connectivity index (χ1v) is 21.3. The number of carbonyl (C=O) groups is 4. The van der Waals surface area contributed by atoms with Gasteiger partial charge in [-0.25, -0.2) is 0 Å². The van der Waals surface area contributed by atoms with Crippen molar-refractivity contribution in [1.29, 1.82) is 0 Å². The molecule has 8 nitrogen and oxygen atoms in total. The maximum atomic E-state index is 12.9. The van der Waals surface area contributed by atoms with Gasteiger partial charge in [-0.1, -0.05) is 78.4 Å². The predicted molar refractivity (Wildman–Crippen MR) is 205 cm³/mol. The van der Waals surface area contributed by atoms with E-state index in [2.05, 4.69) is 40.7 Å². The molecule has 4 rings (SSSR count). The predicted octanol–water partition coefficient (Wildman–Crippen LogP) is 9.63. The van der Waals surface area contributed by atoms with Crippen LogP contribution in [-0.2, 0) is 33.4 Å². The highest BCUT2D eigenvalue weighted by atomic mass is 16.5. The van der Waals surface area contributed by atoms with Crippen LogP contribution in [0.2, 0.25) is 0 Å². The number of allylic oxidation sites excluding steroid dienone is 1. The van der Waals surface area contributed by atoms with E-state index in [1.54, 1.807) is 19.4 Å². The standard InChI is InChI=1S/C44H73NO7/c1-8-50-40(47)25-28-45(30-42(49)51-9-2)39(46)17-12-10-11-13-18-41(48)52-34-23-26-43(6)33(29-34)19-20-35-37-22-21-36(32(5)16-14-15-31(3)4)44(37,7)27-24-38(35)43/h19,31-32,34-38H,8-18,20-30H2,1-7H3/t32-,34-,35?,36?,37?,38?,43-,44+/m0/s1. The number of unbranched alkanes of at least 4 members (excludes halogenated alkanes) is 3. The molecule has 4 aliphatic rings. The molecule has 0 aromatic heterocycles. The normalized spacial score (nSPS) is 30.0. The van der Waals surface area contributed by atoms with Crippen LogP contribution in [0.15, 0.2) is 11.6 Å². The number of ether oxygens (including phenoxy) is 3. The van der Waals surface area contributed by atoms with E-state index in [4.69, 9.17) is 14.2 Å². The van der Waals surface area contributed by atoms with Crippen LogP contribution in [0.3, 0.4) is 0 Å². The highest BCUT2D eigenvalue weighted by Gasteiger charge is 2.59. The van der Waals surface area contributed by atoms with Gasteiger partial charge >= 0.3 is 17.9 Å². The van der Waals surface area contributed by atoms with Crippen LogP contribution in [0, 0.1) is 46.3 Å². The van der Waals surface area contributed by atoms with Crippen LogP contribution >= 0.6 is 0 Å². The Hall–Kier alpha value is -2.38. The van der Waals surface area contributed by atoms with Gasteiger partial charge in [0.25, 0.3) is 0 Å². The summed E-state index contributed by atoms with van der Waals surface area (Å²) in [6.45, 7) is 16.4. The van der Waals surface area contributed by atoms with E-state index in [-0.39, 0.29) is 62.5 Å². The Morgan fingerprint density at radius 3 is 2.21 bits per heavy atom. The minimum Gasteiger partial charge on any atom is -0.466 e. The molecule has 8 atom stereocenters. The van der Waals surface area contributed by atoms with E-state index in [1.165, 1.54) is 56.3 Å². The van der Waals surface area contributed by atoms with Crippen molar-refractivity contribution in [3.05, 3.63) is 11.6 Å². The molecule has 0 spiro atoms. The van der Waals surface area contributed by atoms with Gasteiger partial charge in [-0.3, -0.25) is 19.2 Å². The Bertz CT molecular complexity index is 1230. The molecular formula is C44H73NO7. The van der Waals surface area contributed by atoms with Crippen molar-refractivity contribution in [2.24, 2.45) is 46.3 Å². The number of fused-ring (bicyclic) bond motifs is 5. The van der Waals surface area contributed by atoms with E-state index in [0.717, 1.165) is 74.0 Å². The lowest BCUT2D eigenvalue weighted by Gasteiger charge is -2.58. The molecule has 296 valence electrons. The lowest BCUT2D eigenvalue weighted by Crippen LogP contribution is -2.51. The van der Waals surface area contributed by atoms with Gasteiger partial charge in [0.15, 0.2) is 0 Å². The van der Waals surface area contributed by atoms with Gasteiger partial charge in [-0.2, -0.15) is 0 Å². The highest BCUT2D eigenvalue weighted by molar-refractivity contribution is 5.82. The smallest absolute Gasteiger partial charge is 0.325 e. The van der Waals surface area contributed by atoms with Crippen LogP contribution in [-0.4, -0.2) is 61.1 Å². The highest BCUT2D eigenvalue weighted by Crippen LogP contribution is 2.67. The van der Waals surface area contributed by atoms with Gasteiger partial charge in [-0.05, 0) is 118 Å². The zero-order valence-corrected chi connectivity index (χ0v) is 34.0. The molecule has 3 fully saturated rings. The molecule has 0 heterocycles. The minimum atomic E-state index is -0.485. The molecule has 0 saturated heterocycles. The molecular weight excluding hydrogens is 654 g/mol. The molecule has 0 aliphatic heterocycles. The summed E-state index contributed by atoms with van der Waals surface area (Å²) in [5.41, 5.74) is 2.30. The van der Waals surface area contributed by atoms with Gasteiger partial charge < -0.3 is 19.1 Å². The fourth-order valence-corrected chi connectivity index (χ4v) is 11.2. The van der Waals surface area contributed by atoms with Crippen molar-refractivity contribution in [3.63, 3.8) is 0 Å². The van der Waals surface area contributed by atoms with Crippen molar-refractivity contribution in [1.82, 2.24) is 4.90 Å². The molecule has 0 bridgehead atoms. The zero-order valence-electron chi connectivity index (χ0n) is 34.0. The first kappa shape index (κ1) is 42.4. The van der Waals surface area contributed by atoms with Crippen LogP contribution in [0.1, 0.15) is 164 Å². The quantitative estimate of drug-likeness (QED) is 0.0533. The Kier molecular flexibility index (Phi) is 16.1. The molecule has 4 unspecified atom stereocenters. The summed E-state index contributed by atoms with van der Waals surface area (Å²) in [6.07, 6.45) is 20.2. The summed E-state index contributed by atoms with van der Waals surface area (Å²) < 4.78 is 16.0. The van der Waals surface area contributed by atoms with Crippen molar-refractivity contribution < 1.29 is 33.4 Å². The number of hydrogen-bond acceptors (Lipinski definition) is 7. The lowest BCUT2D eigenvalue weighted by atomic mass is 9.47. The number of rotatable bonds is 20. The maximum Gasteiger partial charge on any atom is 0.325 e. The number of carbonyl (C=O) groups excluding carboxylic acids is 4. The van der Waals surface area contributed by atoms with E-state index in [1.807, 2.05) is 0 Å². The third-order valence-corrected chi connectivity index (χ3v) is 13.9. The summed E-state index contributed by atoms with van der Waals surface area (Å²) in [5.74, 6) is 3.78. The van der Waals surface area contributed by atoms with Crippen molar-refractivity contribution in [3.8, 4) is 0 Å². The number of hydrogen-bond donors (Lipinski definition) is 0. The fraction of sp³-hybridized carbons (Fsp3) is 0.864. The van der Waals surface area contributed by atoms with Crippen LogP contribution in [0.5, 0.6) is 0 Å². The Morgan fingerprint density at radius 2 is 1.50 bits per heavy atom. The van der Waals surface area contributed by atoms with Crippen LogP contribution < -0.4 is 0 Å². The second-order valence-corrected chi connectivity index (χ2v) is 17.7. The summed E-state index contributed by atoms with van der Waals surface area (Å²) in [4.78, 5) is 51.0. The Morgan fingerprint density at radius 1 is 0.788 bits per heavy atom. The first-order valence-electron chi connectivity index (χ1n) is 21.3. The monoisotopic (exact) mass is 728 g/mol. The van der Waals surface area contributed by atoms with Crippen molar-refractivity contribution in [2.75, 3.05) is 26.3 Å². The Balaban J connectivity index is 1.18. The number of esters is 3. The molecule has 1 amide bonds. The summed E-state index contributed by atoms with van der Waals surface area (Å²) in [6, 6.07) is 0. The molecule has 52 heavy (non-hydrogen) atoms. The third kappa shape index (κ3) is 10.9.